The zero-order valence-electron chi connectivity index (χ0n) is 17.4. The molecule has 2 aromatic rings. The minimum Gasteiger partial charge on any atom is -0.493 e. The van der Waals surface area contributed by atoms with Crippen molar-refractivity contribution in [3.05, 3.63) is 58.7 Å². The Hall–Kier alpha value is -2.62. The molecule has 0 unspecified atom stereocenters. The molecule has 0 amide bonds. The third kappa shape index (κ3) is 5.59. The maximum absolute atomic E-state index is 14.6. The highest BCUT2D eigenvalue weighted by Gasteiger charge is 2.27. The van der Waals surface area contributed by atoms with Crippen LogP contribution in [0.4, 0.5) is 17.6 Å². The van der Waals surface area contributed by atoms with E-state index in [2.05, 4.69) is 0 Å². The first-order valence-corrected chi connectivity index (χ1v) is 9.52. The second-order valence-corrected chi connectivity index (χ2v) is 6.84. The van der Waals surface area contributed by atoms with E-state index in [-0.39, 0.29) is 35.3 Å². The molecule has 174 valence electrons. The molecule has 0 saturated carbocycles. The molecule has 1 heterocycles. The summed E-state index contributed by atoms with van der Waals surface area (Å²) in [4.78, 5) is 13.4. The third-order valence-electron chi connectivity index (χ3n) is 4.79. The average molecular weight is 476 g/mol. The van der Waals surface area contributed by atoms with Crippen molar-refractivity contribution in [3.63, 3.8) is 0 Å². The van der Waals surface area contributed by atoms with Crippen molar-refractivity contribution in [3.8, 4) is 17.2 Å². The number of rotatable bonds is 7. The summed E-state index contributed by atoms with van der Waals surface area (Å²) in [6.45, 7) is 4.06. The lowest BCUT2D eigenvalue weighted by molar-refractivity contribution is 0.0435. The molecule has 2 aromatic carbocycles. The molecular formula is C22H22ClF4NO4. The zero-order valence-corrected chi connectivity index (χ0v) is 18.2. The van der Waals surface area contributed by atoms with Crippen LogP contribution in [0.5, 0.6) is 17.2 Å². The zero-order chi connectivity index (χ0) is 22.5. The molecule has 1 fully saturated rings. The average Bonchev–Trinajstić information content (AvgIpc) is 2.78. The van der Waals surface area contributed by atoms with Crippen LogP contribution in [0.1, 0.15) is 22.8 Å². The molecule has 3 rings (SSSR count). The number of morpholine rings is 1. The number of carbonyl (C=O) groups is 1. The number of hydrogen-bond acceptors (Lipinski definition) is 5. The predicted molar refractivity (Wildman–Crippen MR) is 113 cm³/mol. The second kappa shape index (κ2) is 11.3. The van der Waals surface area contributed by atoms with E-state index in [1.54, 1.807) is 0 Å². The molecule has 10 heteroatoms. The van der Waals surface area contributed by atoms with Crippen LogP contribution in [0.2, 0.25) is 0 Å². The van der Waals surface area contributed by atoms with Crippen LogP contribution in [0, 0.1) is 23.3 Å². The van der Waals surface area contributed by atoms with Gasteiger partial charge in [-0.3, -0.25) is 9.69 Å². The van der Waals surface area contributed by atoms with Crippen LogP contribution >= 0.6 is 12.4 Å². The van der Waals surface area contributed by atoms with Gasteiger partial charge in [-0.05, 0) is 25.1 Å². The lowest BCUT2D eigenvalue weighted by atomic mass is 10.1. The number of ketones is 1. The number of carbonyl (C=O) groups excluding carboxylic acids is 1. The monoisotopic (exact) mass is 475 g/mol. The highest BCUT2D eigenvalue weighted by molar-refractivity contribution is 5.94. The number of halogens is 5. The van der Waals surface area contributed by atoms with Crippen LogP contribution in [0.15, 0.2) is 24.3 Å². The summed E-state index contributed by atoms with van der Waals surface area (Å²) in [5.74, 6) is -8.26. The van der Waals surface area contributed by atoms with Crippen molar-refractivity contribution < 1.29 is 36.6 Å². The summed E-state index contributed by atoms with van der Waals surface area (Å²) in [6, 6.07) is 3.86. The van der Waals surface area contributed by atoms with Gasteiger partial charge in [0.15, 0.2) is 28.9 Å². The lowest BCUT2D eigenvalue weighted by Crippen LogP contribution is -2.36. The van der Waals surface area contributed by atoms with E-state index in [0.29, 0.717) is 32.8 Å². The maximum Gasteiger partial charge on any atom is 0.205 e. The van der Waals surface area contributed by atoms with E-state index in [1.165, 1.54) is 38.3 Å². The van der Waals surface area contributed by atoms with Crippen LogP contribution in [0.3, 0.4) is 0 Å². The Bertz CT molecular complexity index is 981. The van der Waals surface area contributed by atoms with Crippen LogP contribution < -0.4 is 9.47 Å². The van der Waals surface area contributed by atoms with Crippen LogP contribution in [-0.4, -0.2) is 50.6 Å². The largest absolute Gasteiger partial charge is 0.493 e. The summed E-state index contributed by atoms with van der Waals surface area (Å²) in [7, 11) is 1.25. The van der Waals surface area contributed by atoms with Crippen molar-refractivity contribution in [1.29, 1.82) is 0 Å². The van der Waals surface area contributed by atoms with Gasteiger partial charge in [-0.15, -0.1) is 12.4 Å². The van der Waals surface area contributed by atoms with Gasteiger partial charge in [-0.2, -0.15) is 8.78 Å². The molecule has 1 aliphatic heterocycles. The molecule has 0 atom stereocenters. The van der Waals surface area contributed by atoms with Crippen molar-refractivity contribution in [1.82, 2.24) is 4.90 Å². The number of ether oxygens (including phenoxy) is 3. The number of nitrogens with zero attached hydrogens (tertiary/aromatic N) is 1. The summed E-state index contributed by atoms with van der Waals surface area (Å²) in [5.41, 5.74) is -0.572. The summed E-state index contributed by atoms with van der Waals surface area (Å²) >= 11 is 0. The van der Waals surface area contributed by atoms with Gasteiger partial charge in [-0.25, -0.2) is 8.78 Å². The molecule has 0 spiro atoms. The minimum absolute atomic E-state index is 0. The normalized spacial score (nSPS) is 14.3. The van der Waals surface area contributed by atoms with Crippen molar-refractivity contribution in [2.75, 3.05) is 40.0 Å². The first-order valence-electron chi connectivity index (χ1n) is 9.52. The van der Waals surface area contributed by atoms with Gasteiger partial charge in [0, 0.05) is 25.2 Å². The number of benzene rings is 2. The van der Waals surface area contributed by atoms with Gasteiger partial charge in [0.1, 0.15) is 0 Å². The standard InChI is InChI=1S/C22H21F4NO4.ClH/c1-13(28)14-5-6-16(17(12-14)29-2)31-22-20(25)18(23)15(19(24)21(22)26)4-3-7-27-8-10-30-11-9-27;/h3-6,12H,7-11H2,1-2H3;1H/b4-3+;. The van der Waals surface area contributed by atoms with E-state index in [1.807, 2.05) is 4.90 Å². The molecule has 0 aliphatic carbocycles. The number of methoxy groups -OCH3 is 1. The fourth-order valence-electron chi connectivity index (χ4n) is 3.05. The van der Waals surface area contributed by atoms with Crippen molar-refractivity contribution >= 4 is 24.3 Å². The summed E-state index contributed by atoms with van der Waals surface area (Å²) in [6.07, 6.45) is 2.42. The topological polar surface area (TPSA) is 48.0 Å². The molecule has 0 aromatic heterocycles. The van der Waals surface area contributed by atoms with Gasteiger partial charge in [0.2, 0.25) is 17.4 Å². The Kier molecular flexibility index (Phi) is 9.06. The predicted octanol–water partition coefficient (Wildman–Crippen LogP) is 5.01. The van der Waals surface area contributed by atoms with Gasteiger partial charge in [-0.1, -0.05) is 12.2 Å². The van der Waals surface area contributed by atoms with Crippen molar-refractivity contribution in [2.24, 2.45) is 0 Å². The molecule has 0 bridgehead atoms. The molecule has 5 nitrogen and oxygen atoms in total. The molecular weight excluding hydrogens is 454 g/mol. The SMILES string of the molecule is COc1cc(C(C)=O)ccc1Oc1c(F)c(F)c(/C=C/CN2CCOCC2)c(F)c1F.Cl. The molecule has 1 saturated heterocycles. The van der Waals surface area contributed by atoms with E-state index in [0.717, 1.165) is 6.08 Å². The fourth-order valence-corrected chi connectivity index (χ4v) is 3.05. The lowest BCUT2D eigenvalue weighted by Gasteiger charge is -2.25. The second-order valence-electron chi connectivity index (χ2n) is 6.84. The fraction of sp³-hybridized carbons (Fsp3) is 0.318. The van der Waals surface area contributed by atoms with Crippen LogP contribution in [0.25, 0.3) is 6.08 Å². The first kappa shape index (κ1) is 25.6. The van der Waals surface area contributed by atoms with Gasteiger partial charge >= 0.3 is 0 Å². The number of hydrogen-bond donors (Lipinski definition) is 0. The highest BCUT2D eigenvalue weighted by atomic mass is 35.5. The van der Waals surface area contributed by atoms with Gasteiger partial charge in [0.05, 0.1) is 25.9 Å². The Labute approximate surface area is 189 Å². The summed E-state index contributed by atoms with van der Waals surface area (Å²) in [5, 5.41) is 0. The minimum atomic E-state index is -1.68. The molecule has 32 heavy (non-hydrogen) atoms. The highest BCUT2D eigenvalue weighted by Crippen LogP contribution is 2.38. The quantitative estimate of drug-likeness (QED) is 0.320. The Balaban J connectivity index is 0.00000363. The first-order chi connectivity index (χ1) is 14.8. The van der Waals surface area contributed by atoms with Crippen LogP contribution in [-0.2, 0) is 4.74 Å². The van der Waals surface area contributed by atoms with E-state index in [9.17, 15) is 22.4 Å². The third-order valence-corrected chi connectivity index (χ3v) is 4.79. The van der Waals surface area contributed by atoms with E-state index >= 15 is 0 Å². The number of Topliss-reactive ketones (excluding diaryl/α,β-unsaturated/α-hetero) is 1. The van der Waals surface area contributed by atoms with Crippen molar-refractivity contribution in [2.45, 2.75) is 6.92 Å². The van der Waals surface area contributed by atoms with E-state index < -0.39 is 34.6 Å². The Morgan fingerprint density at radius 3 is 2.25 bits per heavy atom. The van der Waals surface area contributed by atoms with E-state index in [4.69, 9.17) is 14.2 Å². The molecule has 0 radical (unpaired) electrons. The molecule has 0 N–H and O–H groups in total. The molecule has 1 aliphatic rings. The van der Waals surface area contributed by atoms with Gasteiger partial charge in [0.25, 0.3) is 0 Å². The Morgan fingerprint density at radius 2 is 1.69 bits per heavy atom. The Morgan fingerprint density at radius 1 is 1.06 bits per heavy atom. The summed E-state index contributed by atoms with van der Waals surface area (Å²) < 4.78 is 73.5. The smallest absolute Gasteiger partial charge is 0.205 e. The van der Waals surface area contributed by atoms with Gasteiger partial charge < -0.3 is 14.2 Å². The maximum atomic E-state index is 14.6.